The number of para-hydroxylation sites is 1. The van der Waals surface area contributed by atoms with Gasteiger partial charge in [-0.3, -0.25) is 0 Å². The van der Waals surface area contributed by atoms with Crippen molar-refractivity contribution < 1.29 is 0 Å². The predicted octanol–water partition coefficient (Wildman–Crippen LogP) is 2.37. The fourth-order valence-corrected chi connectivity index (χ4v) is 2.20. The van der Waals surface area contributed by atoms with Crippen LogP contribution in [0.25, 0.3) is 0 Å². The number of rotatable bonds is 2. The molecule has 2 heteroatoms. The molecule has 0 spiro atoms. The number of benzene rings is 1. The summed E-state index contributed by atoms with van der Waals surface area (Å²) in [6.45, 7) is 4.42. The molecule has 1 N–H and O–H groups in total. The lowest BCUT2D eigenvalue weighted by molar-refractivity contribution is 0.254. The number of nitrogens with one attached hydrogen (secondary N) is 1. The van der Waals surface area contributed by atoms with E-state index in [1.807, 2.05) is 0 Å². The molecule has 1 atom stereocenters. The van der Waals surface area contributed by atoms with E-state index in [9.17, 15) is 0 Å². The highest BCUT2D eigenvalue weighted by atomic mass is 15.1. The molecule has 1 aliphatic heterocycles. The Bertz CT molecular complexity index is 295. The van der Waals surface area contributed by atoms with E-state index in [1.165, 1.54) is 24.1 Å². The van der Waals surface area contributed by atoms with Gasteiger partial charge in [-0.15, -0.1) is 0 Å². The van der Waals surface area contributed by atoms with Crippen molar-refractivity contribution >= 4 is 5.69 Å². The normalized spacial score (nSPS) is 20.6. The molecule has 1 aliphatic rings. The Morgan fingerprint density at radius 1 is 1.40 bits per heavy atom. The molecule has 0 bridgehead atoms. The Morgan fingerprint density at radius 2 is 2.20 bits per heavy atom. The Kier molecular flexibility index (Phi) is 3.27. The molecule has 0 saturated carbocycles. The van der Waals surface area contributed by atoms with E-state index in [0.717, 1.165) is 13.1 Å². The molecule has 0 saturated heterocycles. The number of hydrogen-bond acceptors (Lipinski definition) is 2. The smallest absolute Gasteiger partial charge is 0.0373 e. The molecule has 1 heterocycles. The zero-order valence-electron chi connectivity index (χ0n) is 9.66. The van der Waals surface area contributed by atoms with Gasteiger partial charge in [0.1, 0.15) is 0 Å². The topological polar surface area (TPSA) is 15.3 Å². The summed E-state index contributed by atoms with van der Waals surface area (Å²) in [7, 11) is 2.21. The lowest BCUT2D eigenvalue weighted by Crippen LogP contribution is -2.36. The number of likely N-dealkylation sites (N-methyl/N-ethyl adjacent to an activating group) is 1. The molecule has 82 valence electrons. The van der Waals surface area contributed by atoms with Crippen LogP contribution in [0.15, 0.2) is 24.3 Å². The Morgan fingerprint density at radius 3 is 3.00 bits per heavy atom. The summed E-state index contributed by atoms with van der Waals surface area (Å²) in [4.78, 5) is 2.43. The summed E-state index contributed by atoms with van der Waals surface area (Å²) in [5, 5.41) is 3.55. The van der Waals surface area contributed by atoms with Crippen molar-refractivity contribution in [3.8, 4) is 0 Å². The van der Waals surface area contributed by atoms with Crippen molar-refractivity contribution in [3.05, 3.63) is 29.8 Å². The summed E-state index contributed by atoms with van der Waals surface area (Å²) in [6, 6.07) is 9.32. The van der Waals surface area contributed by atoms with Crippen molar-refractivity contribution in [1.29, 1.82) is 0 Å². The van der Waals surface area contributed by atoms with E-state index in [1.54, 1.807) is 0 Å². The van der Waals surface area contributed by atoms with E-state index in [-0.39, 0.29) is 0 Å². The second kappa shape index (κ2) is 4.67. The first-order chi connectivity index (χ1) is 7.31. The van der Waals surface area contributed by atoms with Crippen LogP contribution in [0.5, 0.6) is 0 Å². The molecule has 0 aromatic heterocycles. The minimum atomic E-state index is 0.669. The summed E-state index contributed by atoms with van der Waals surface area (Å²) < 4.78 is 0. The van der Waals surface area contributed by atoms with Crippen LogP contribution >= 0.6 is 0 Å². The van der Waals surface area contributed by atoms with Crippen LogP contribution in [-0.4, -0.2) is 31.1 Å². The monoisotopic (exact) mass is 204 g/mol. The Hall–Kier alpha value is -1.02. The van der Waals surface area contributed by atoms with Crippen LogP contribution in [0.4, 0.5) is 5.69 Å². The first kappa shape index (κ1) is 10.5. The fourth-order valence-electron chi connectivity index (χ4n) is 2.20. The van der Waals surface area contributed by atoms with Crippen molar-refractivity contribution in [2.24, 2.45) is 0 Å². The van der Waals surface area contributed by atoms with Crippen LogP contribution in [0.2, 0.25) is 0 Å². The molecular formula is C13H20N2. The fraction of sp³-hybridized carbons (Fsp3) is 0.538. The molecule has 2 rings (SSSR count). The molecular weight excluding hydrogens is 184 g/mol. The first-order valence-electron chi connectivity index (χ1n) is 5.83. The first-order valence-corrected chi connectivity index (χ1v) is 5.83. The maximum absolute atomic E-state index is 3.55. The maximum atomic E-state index is 3.55. The highest BCUT2D eigenvalue weighted by molar-refractivity contribution is 5.52. The highest BCUT2D eigenvalue weighted by Crippen LogP contribution is 2.22. The van der Waals surface area contributed by atoms with Crippen LogP contribution in [0.1, 0.15) is 18.9 Å². The number of fused-ring (bicyclic) bond motifs is 1. The van der Waals surface area contributed by atoms with Gasteiger partial charge in [0.2, 0.25) is 0 Å². The zero-order chi connectivity index (χ0) is 10.7. The quantitative estimate of drug-likeness (QED) is 0.795. The minimum Gasteiger partial charge on any atom is -0.383 e. The molecule has 0 radical (unpaired) electrons. The SMILES string of the molecule is CCN(C)C1CCc2ccccc2NC1. The van der Waals surface area contributed by atoms with E-state index in [2.05, 4.69) is 48.5 Å². The van der Waals surface area contributed by atoms with Gasteiger partial charge in [-0.05, 0) is 38.1 Å². The van der Waals surface area contributed by atoms with E-state index in [0.29, 0.717) is 6.04 Å². The van der Waals surface area contributed by atoms with Gasteiger partial charge >= 0.3 is 0 Å². The van der Waals surface area contributed by atoms with Gasteiger partial charge in [0.15, 0.2) is 0 Å². The summed E-state index contributed by atoms with van der Waals surface area (Å²) in [5.41, 5.74) is 2.79. The molecule has 1 aromatic carbocycles. The zero-order valence-corrected chi connectivity index (χ0v) is 9.66. The van der Waals surface area contributed by atoms with Gasteiger partial charge in [-0.25, -0.2) is 0 Å². The predicted molar refractivity (Wildman–Crippen MR) is 65.3 cm³/mol. The molecule has 1 aromatic rings. The Balaban J connectivity index is 2.08. The number of nitrogens with zero attached hydrogens (tertiary/aromatic N) is 1. The third-order valence-electron chi connectivity index (χ3n) is 3.41. The lowest BCUT2D eigenvalue weighted by Gasteiger charge is -2.25. The second-order valence-corrected chi connectivity index (χ2v) is 4.30. The molecule has 15 heavy (non-hydrogen) atoms. The van der Waals surface area contributed by atoms with Crippen molar-refractivity contribution in [2.75, 3.05) is 25.5 Å². The molecule has 0 amide bonds. The average molecular weight is 204 g/mol. The second-order valence-electron chi connectivity index (χ2n) is 4.30. The van der Waals surface area contributed by atoms with E-state index < -0.39 is 0 Å². The van der Waals surface area contributed by atoms with Crippen LogP contribution in [0, 0.1) is 0 Å². The largest absolute Gasteiger partial charge is 0.383 e. The Labute approximate surface area is 92.3 Å². The highest BCUT2D eigenvalue weighted by Gasteiger charge is 2.17. The van der Waals surface area contributed by atoms with Gasteiger partial charge in [0.25, 0.3) is 0 Å². The van der Waals surface area contributed by atoms with Crippen LogP contribution in [0.3, 0.4) is 0 Å². The standard InChI is InChI=1S/C13H20N2/c1-3-15(2)12-9-8-11-6-4-5-7-13(11)14-10-12/h4-7,12,14H,3,8-10H2,1-2H3. The minimum absolute atomic E-state index is 0.669. The third-order valence-corrected chi connectivity index (χ3v) is 3.41. The van der Waals surface area contributed by atoms with Gasteiger partial charge in [0.05, 0.1) is 0 Å². The van der Waals surface area contributed by atoms with E-state index in [4.69, 9.17) is 0 Å². The molecule has 0 aliphatic carbocycles. The number of hydrogen-bond donors (Lipinski definition) is 1. The number of aryl methyl sites for hydroxylation is 1. The molecule has 0 fully saturated rings. The summed E-state index contributed by atoms with van der Waals surface area (Å²) >= 11 is 0. The van der Waals surface area contributed by atoms with Crippen molar-refractivity contribution in [1.82, 2.24) is 4.90 Å². The van der Waals surface area contributed by atoms with Gasteiger partial charge in [-0.1, -0.05) is 25.1 Å². The van der Waals surface area contributed by atoms with Crippen LogP contribution < -0.4 is 5.32 Å². The van der Waals surface area contributed by atoms with Crippen molar-refractivity contribution in [2.45, 2.75) is 25.8 Å². The number of anilines is 1. The summed E-state index contributed by atoms with van der Waals surface area (Å²) in [5.74, 6) is 0. The van der Waals surface area contributed by atoms with Gasteiger partial charge in [0, 0.05) is 18.3 Å². The van der Waals surface area contributed by atoms with Gasteiger partial charge in [-0.2, -0.15) is 0 Å². The van der Waals surface area contributed by atoms with Gasteiger partial charge < -0.3 is 10.2 Å². The van der Waals surface area contributed by atoms with E-state index >= 15 is 0 Å². The molecule has 2 nitrogen and oxygen atoms in total. The lowest BCUT2D eigenvalue weighted by atomic mass is 10.1. The van der Waals surface area contributed by atoms with Crippen molar-refractivity contribution in [3.63, 3.8) is 0 Å². The summed E-state index contributed by atoms with van der Waals surface area (Å²) in [6.07, 6.45) is 2.45. The van der Waals surface area contributed by atoms with Crippen LogP contribution in [-0.2, 0) is 6.42 Å². The average Bonchev–Trinajstić information content (AvgIpc) is 2.50. The molecule has 1 unspecified atom stereocenters. The third kappa shape index (κ3) is 2.32. The maximum Gasteiger partial charge on any atom is 0.0373 e.